The van der Waals surface area contributed by atoms with Crippen LogP contribution >= 0.6 is 11.6 Å². The Balaban J connectivity index is 1.72. The molecule has 2 aromatic carbocycles. The van der Waals surface area contributed by atoms with Gasteiger partial charge in [0, 0.05) is 36.1 Å². The molecule has 2 amide bonds. The third kappa shape index (κ3) is 4.75. The van der Waals surface area contributed by atoms with E-state index in [0.717, 1.165) is 11.1 Å². The minimum Gasteiger partial charge on any atom is -0.337 e. The largest absolute Gasteiger partial charge is 0.337 e. The predicted octanol–water partition coefficient (Wildman–Crippen LogP) is 4.57. The van der Waals surface area contributed by atoms with Gasteiger partial charge in [0.1, 0.15) is 5.69 Å². The summed E-state index contributed by atoms with van der Waals surface area (Å²) in [6.07, 6.45) is 1.46. The molecule has 0 radical (unpaired) electrons. The van der Waals surface area contributed by atoms with Crippen molar-refractivity contribution >= 4 is 29.1 Å². The Hall–Kier alpha value is -3.18. The number of carbonyl (C=O) groups excluding carboxylic acids is 2. The van der Waals surface area contributed by atoms with Gasteiger partial charge in [-0.1, -0.05) is 48.0 Å². The Kier molecular flexibility index (Phi) is 6.06. The van der Waals surface area contributed by atoms with Crippen LogP contribution in [0.5, 0.6) is 0 Å². The number of benzene rings is 2. The number of nitrogens with one attached hydrogen (secondary N) is 1. The van der Waals surface area contributed by atoms with Crippen LogP contribution in [0.1, 0.15) is 32.0 Å². The van der Waals surface area contributed by atoms with Crippen LogP contribution in [-0.2, 0) is 6.54 Å². The first kappa shape index (κ1) is 19.6. The maximum absolute atomic E-state index is 12.7. The molecule has 5 nitrogen and oxygen atoms in total. The number of carbonyl (C=O) groups is 2. The summed E-state index contributed by atoms with van der Waals surface area (Å²) in [4.78, 5) is 30.9. The van der Waals surface area contributed by atoms with Crippen LogP contribution in [0.3, 0.4) is 0 Å². The van der Waals surface area contributed by atoms with E-state index in [9.17, 15) is 9.59 Å². The Bertz CT molecular complexity index is 1010. The quantitative estimate of drug-likeness (QED) is 0.690. The smallest absolute Gasteiger partial charge is 0.274 e. The van der Waals surface area contributed by atoms with Crippen LogP contribution in [0.25, 0.3) is 0 Å². The minimum absolute atomic E-state index is 0.163. The molecule has 142 valence electrons. The van der Waals surface area contributed by atoms with Gasteiger partial charge in [-0.25, -0.2) is 0 Å². The van der Waals surface area contributed by atoms with Crippen LogP contribution in [0, 0.1) is 6.92 Å². The van der Waals surface area contributed by atoms with E-state index in [1.54, 1.807) is 30.1 Å². The number of halogens is 1. The third-order valence-corrected chi connectivity index (χ3v) is 4.69. The van der Waals surface area contributed by atoms with Crippen molar-refractivity contribution in [1.29, 1.82) is 0 Å². The molecule has 0 unspecified atom stereocenters. The minimum atomic E-state index is -0.403. The van der Waals surface area contributed by atoms with Crippen LogP contribution in [0.15, 0.2) is 66.9 Å². The second-order valence-corrected chi connectivity index (χ2v) is 6.90. The molecule has 0 bridgehead atoms. The monoisotopic (exact) mass is 393 g/mol. The normalized spacial score (nSPS) is 10.4. The van der Waals surface area contributed by atoms with E-state index >= 15 is 0 Å². The molecule has 0 aliphatic rings. The summed E-state index contributed by atoms with van der Waals surface area (Å²) in [6, 6.07) is 18.1. The lowest BCUT2D eigenvalue weighted by atomic mass is 10.1. The standard InChI is InChI=1S/C22H20ClN3O2/c1-15-8-9-18(13-19(15)23)25-21(27)20-12-17(10-11-24-20)22(28)26(2)14-16-6-4-3-5-7-16/h3-13H,14H2,1-2H3,(H,25,27). The number of amides is 2. The Labute approximate surface area is 169 Å². The van der Waals surface area contributed by atoms with Gasteiger partial charge in [0.25, 0.3) is 11.8 Å². The molecule has 0 aliphatic carbocycles. The molecule has 0 saturated carbocycles. The summed E-state index contributed by atoms with van der Waals surface area (Å²) in [5.74, 6) is -0.584. The molecule has 0 fully saturated rings. The van der Waals surface area contributed by atoms with Gasteiger partial charge in [-0.05, 0) is 42.3 Å². The fourth-order valence-electron chi connectivity index (χ4n) is 2.70. The van der Waals surface area contributed by atoms with Gasteiger partial charge in [-0.3, -0.25) is 14.6 Å². The summed E-state index contributed by atoms with van der Waals surface area (Å²) in [6.45, 7) is 2.36. The van der Waals surface area contributed by atoms with Gasteiger partial charge in [0.15, 0.2) is 0 Å². The zero-order valence-electron chi connectivity index (χ0n) is 15.6. The number of aromatic nitrogens is 1. The molecule has 0 saturated heterocycles. The first-order chi connectivity index (χ1) is 13.4. The van der Waals surface area contributed by atoms with Crippen molar-refractivity contribution in [1.82, 2.24) is 9.88 Å². The van der Waals surface area contributed by atoms with E-state index in [1.807, 2.05) is 43.3 Å². The van der Waals surface area contributed by atoms with Crippen molar-refractivity contribution in [3.63, 3.8) is 0 Å². The second-order valence-electron chi connectivity index (χ2n) is 6.49. The molecule has 6 heteroatoms. The fourth-order valence-corrected chi connectivity index (χ4v) is 2.88. The van der Waals surface area contributed by atoms with E-state index in [1.165, 1.54) is 12.3 Å². The van der Waals surface area contributed by atoms with Crippen molar-refractivity contribution in [3.05, 3.63) is 94.3 Å². The number of anilines is 1. The molecule has 0 spiro atoms. The van der Waals surface area contributed by atoms with E-state index in [0.29, 0.717) is 22.8 Å². The number of hydrogen-bond acceptors (Lipinski definition) is 3. The number of rotatable bonds is 5. The summed E-state index contributed by atoms with van der Waals surface area (Å²) >= 11 is 6.09. The summed E-state index contributed by atoms with van der Waals surface area (Å²) < 4.78 is 0. The van der Waals surface area contributed by atoms with E-state index in [-0.39, 0.29) is 11.6 Å². The maximum atomic E-state index is 12.7. The molecule has 3 rings (SSSR count). The molecular formula is C22H20ClN3O2. The number of aryl methyl sites for hydroxylation is 1. The third-order valence-electron chi connectivity index (χ3n) is 4.28. The number of hydrogen-bond donors (Lipinski definition) is 1. The lowest BCUT2D eigenvalue weighted by Crippen LogP contribution is -2.26. The van der Waals surface area contributed by atoms with Crippen molar-refractivity contribution in [2.24, 2.45) is 0 Å². The van der Waals surface area contributed by atoms with Crippen molar-refractivity contribution < 1.29 is 9.59 Å². The number of pyridine rings is 1. The molecule has 3 aromatic rings. The molecule has 0 aliphatic heterocycles. The first-order valence-electron chi connectivity index (χ1n) is 8.77. The van der Waals surface area contributed by atoms with E-state index in [2.05, 4.69) is 10.3 Å². The summed E-state index contributed by atoms with van der Waals surface area (Å²) in [5.41, 5.74) is 3.09. The van der Waals surface area contributed by atoms with Crippen LogP contribution in [-0.4, -0.2) is 28.7 Å². The fraction of sp³-hybridized carbons (Fsp3) is 0.136. The SMILES string of the molecule is Cc1ccc(NC(=O)c2cc(C(=O)N(C)Cc3ccccc3)ccn2)cc1Cl. The zero-order chi connectivity index (χ0) is 20.1. The molecule has 0 atom stereocenters. The molecule has 1 heterocycles. The maximum Gasteiger partial charge on any atom is 0.274 e. The highest BCUT2D eigenvalue weighted by atomic mass is 35.5. The Morgan fingerprint density at radius 2 is 1.82 bits per heavy atom. The van der Waals surface area contributed by atoms with Crippen LogP contribution in [0.2, 0.25) is 5.02 Å². The average molecular weight is 394 g/mol. The second kappa shape index (κ2) is 8.67. The van der Waals surface area contributed by atoms with Gasteiger partial charge in [-0.2, -0.15) is 0 Å². The van der Waals surface area contributed by atoms with Crippen LogP contribution in [0.4, 0.5) is 5.69 Å². The highest BCUT2D eigenvalue weighted by Gasteiger charge is 2.16. The van der Waals surface area contributed by atoms with E-state index in [4.69, 9.17) is 11.6 Å². The molecular weight excluding hydrogens is 374 g/mol. The van der Waals surface area contributed by atoms with Gasteiger partial charge >= 0.3 is 0 Å². The van der Waals surface area contributed by atoms with Gasteiger partial charge in [-0.15, -0.1) is 0 Å². The number of nitrogens with zero attached hydrogens (tertiary/aromatic N) is 2. The van der Waals surface area contributed by atoms with Crippen LogP contribution < -0.4 is 5.32 Å². The first-order valence-corrected chi connectivity index (χ1v) is 9.15. The molecule has 28 heavy (non-hydrogen) atoms. The lowest BCUT2D eigenvalue weighted by Gasteiger charge is -2.17. The predicted molar refractivity (Wildman–Crippen MR) is 111 cm³/mol. The van der Waals surface area contributed by atoms with Gasteiger partial charge < -0.3 is 10.2 Å². The summed E-state index contributed by atoms with van der Waals surface area (Å²) in [5, 5.41) is 3.32. The highest BCUT2D eigenvalue weighted by molar-refractivity contribution is 6.31. The Morgan fingerprint density at radius 3 is 2.54 bits per heavy atom. The molecule has 1 aromatic heterocycles. The van der Waals surface area contributed by atoms with Gasteiger partial charge in [0.05, 0.1) is 0 Å². The van der Waals surface area contributed by atoms with E-state index < -0.39 is 5.91 Å². The highest BCUT2D eigenvalue weighted by Crippen LogP contribution is 2.20. The molecule has 1 N–H and O–H groups in total. The van der Waals surface area contributed by atoms with Crippen molar-refractivity contribution in [2.45, 2.75) is 13.5 Å². The zero-order valence-corrected chi connectivity index (χ0v) is 16.4. The lowest BCUT2D eigenvalue weighted by molar-refractivity contribution is 0.0785. The van der Waals surface area contributed by atoms with Crippen molar-refractivity contribution in [3.8, 4) is 0 Å². The summed E-state index contributed by atoms with van der Waals surface area (Å²) in [7, 11) is 1.73. The topological polar surface area (TPSA) is 62.3 Å². The van der Waals surface area contributed by atoms with Gasteiger partial charge in [0.2, 0.25) is 0 Å². The Morgan fingerprint density at radius 1 is 1.07 bits per heavy atom. The average Bonchev–Trinajstić information content (AvgIpc) is 2.71. The van der Waals surface area contributed by atoms with Crippen molar-refractivity contribution in [2.75, 3.05) is 12.4 Å².